The van der Waals surface area contributed by atoms with Crippen molar-refractivity contribution in [2.75, 3.05) is 6.61 Å². The largest absolute Gasteiger partial charge is 0.494 e. The van der Waals surface area contributed by atoms with Crippen LogP contribution in [0.5, 0.6) is 5.75 Å². The molecule has 0 bridgehead atoms. The predicted octanol–water partition coefficient (Wildman–Crippen LogP) is 2.93. The van der Waals surface area contributed by atoms with Gasteiger partial charge >= 0.3 is 5.97 Å². The van der Waals surface area contributed by atoms with Gasteiger partial charge in [-0.25, -0.2) is 0 Å². The lowest BCUT2D eigenvalue weighted by Crippen LogP contribution is -1.97. The monoisotopic (exact) mass is 290 g/mol. The summed E-state index contributed by atoms with van der Waals surface area (Å²) in [5, 5.41) is 16.4. The molecule has 1 aromatic heterocycles. The third-order valence-corrected chi connectivity index (χ3v) is 2.89. The van der Waals surface area contributed by atoms with E-state index in [0.717, 1.165) is 24.2 Å². The molecule has 0 spiro atoms. The van der Waals surface area contributed by atoms with Crippen molar-refractivity contribution in [2.24, 2.45) is 0 Å². The Morgan fingerprint density at radius 2 is 2.05 bits per heavy atom. The summed E-state index contributed by atoms with van der Waals surface area (Å²) in [5.74, 6) is 0.632. The number of ether oxygens (including phenoxy) is 1. The van der Waals surface area contributed by atoms with Crippen LogP contribution in [0, 0.1) is 0 Å². The number of hydrogen-bond acceptors (Lipinski definition) is 5. The highest BCUT2D eigenvalue weighted by Crippen LogP contribution is 2.21. The Kier molecular flexibility index (Phi) is 5.31. The van der Waals surface area contributed by atoms with E-state index in [4.69, 9.17) is 14.3 Å². The van der Waals surface area contributed by atoms with E-state index in [-0.39, 0.29) is 12.8 Å². The molecule has 0 aliphatic rings. The summed E-state index contributed by atoms with van der Waals surface area (Å²) in [6, 6.07) is 7.39. The van der Waals surface area contributed by atoms with E-state index in [0.29, 0.717) is 18.4 Å². The van der Waals surface area contributed by atoms with Gasteiger partial charge in [-0.15, -0.1) is 10.2 Å². The van der Waals surface area contributed by atoms with Gasteiger partial charge in [0.15, 0.2) is 0 Å². The number of rotatable bonds is 8. The van der Waals surface area contributed by atoms with Crippen LogP contribution < -0.4 is 4.74 Å². The maximum Gasteiger partial charge on any atom is 0.303 e. The zero-order valence-corrected chi connectivity index (χ0v) is 11.9. The third-order valence-electron chi connectivity index (χ3n) is 2.89. The molecular weight excluding hydrogens is 272 g/mol. The van der Waals surface area contributed by atoms with Gasteiger partial charge in [0.25, 0.3) is 0 Å². The van der Waals surface area contributed by atoms with Gasteiger partial charge in [-0.2, -0.15) is 0 Å². The van der Waals surface area contributed by atoms with Crippen LogP contribution in [0.2, 0.25) is 0 Å². The molecule has 6 nitrogen and oxygen atoms in total. The molecule has 0 amide bonds. The molecule has 0 saturated carbocycles. The number of nitrogens with zero attached hydrogens (tertiary/aromatic N) is 2. The fourth-order valence-electron chi connectivity index (χ4n) is 1.71. The summed E-state index contributed by atoms with van der Waals surface area (Å²) in [6.07, 6.45) is 2.34. The van der Waals surface area contributed by atoms with Crippen LogP contribution in [0.3, 0.4) is 0 Å². The van der Waals surface area contributed by atoms with E-state index in [1.807, 2.05) is 24.3 Å². The van der Waals surface area contributed by atoms with Gasteiger partial charge in [0, 0.05) is 12.0 Å². The zero-order chi connectivity index (χ0) is 15.1. The Morgan fingerprint density at radius 1 is 1.29 bits per heavy atom. The second-order valence-electron chi connectivity index (χ2n) is 4.62. The highest BCUT2D eigenvalue weighted by Gasteiger charge is 2.10. The fraction of sp³-hybridized carbons (Fsp3) is 0.400. The van der Waals surface area contributed by atoms with E-state index in [9.17, 15) is 4.79 Å². The lowest BCUT2D eigenvalue weighted by molar-refractivity contribution is -0.137. The third kappa shape index (κ3) is 4.59. The number of carboxylic acids is 1. The van der Waals surface area contributed by atoms with Gasteiger partial charge in [-0.3, -0.25) is 4.79 Å². The van der Waals surface area contributed by atoms with Crippen LogP contribution in [0.25, 0.3) is 11.5 Å². The molecule has 0 saturated heterocycles. The van der Waals surface area contributed by atoms with Crippen LogP contribution >= 0.6 is 0 Å². The van der Waals surface area contributed by atoms with Crippen LogP contribution in [0.4, 0.5) is 0 Å². The first-order valence-corrected chi connectivity index (χ1v) is 6.96. The Labute approximate surface area is 122 Å². The second kappa shape index (κ2) is 7.42. The van der Waals surface area contributed by atoms with Crippen molar-refractivity contribution >= 4 is 5.97 Å². The molecule has 0 unspecified atom stereocenters. The maximum atomic E-state index is 10.5. The first-order valence-electron chi connectivity index (χ1n) is 6.96. The molecule has 1 heterocycles. The minimum atomic E-state index is -0.886. The summed E-state index contributed by atoms with van der Waals surface area (Å²) in [5.41, 5.74) is 0.784. The topological polar surface area (TPSA) is 85.5 Å². The van der Waals surface area contributed by atoms with E-state index in [1.54, 1.807) is 0 Å². The Hall–Kier alpha value is -2.37. The summed E-state index contributed by atoms with van der Waals surface area (Å²) >= 11 is 0. The predicted molar refractivity (Wildman–Crippen MR) is 76.1 cm³/mol. The highest BCUT2D eigenvalue weighted by molar-refractivity contribution is 5.66. The van der Waals surface area contributed by atoms with Gasteiger partial charge < -0.3 is 14.3 Å². The number of aryl methyl sites for hydroxylation is 1. The molecule has 0 atom stereocenters. The van der Waals surface area contributed by atoms with Crippen LogP contribution in [0.1, 0.15) is 32.1 Å². The molecular formula is C15H18N2O4. The SMILES string of the molecule is CCCCOc1ccc(-c2nnc(CCC(=O)O)o2)cc1. The number of aliphatic carboxylic acids is 1. The Bertz CT molecular complexity index is 578. The fourth-order valence-corrected chi connectivity index (χ4v) is 1.71. The minimum Gasteiger partial charge on any atom is -0.494 e. The van der Waals surface area contributed by atoms with Gasteiger partial charge in [-0.05, 0) is 30.7 Å². The van der Waals surface area contributed by atoms with Crippen LogP contribution in [-0.4, -0.2) is 27.9 Å². The number of unbranched alkanes of at least 4 members (excludes halogenated alkanes) is 1. The van der Waals surface area contributed by atoms with Crippen molar-refractivity contribution in [1.82, 2.24) is 10.2 Å². The number of hydrogen-bond donors (Lipinski definition) is 1. The van der Waals surface area contributed by atoms with Gasteiger partial charge in [0.1, 0.15) is 5.75 Å². The first kappa shape index (κ1) is 15.0. The van der Waals surface area contributed by atoms with Crippen LogP contribution in [-0.2, 0) is 11.2 Å². The lowest BCUT2D eigenvalue weighted by Gasteiger charge is -2.04. The summed E-state index contributed by atoms with van der Waals surface area (Å²) < 4.78 is 11.0. The molecule has 21 heavy (non-hydrogen) atoms. The smallest absolute Gasteiger partial charge is 0.303 e. The maximum absolute atomic E-state index is 10.5. The molecule has 112 valence electrons. The molecule has 0 radical (unpaired) electrons. The van der Waals surface area contributed by atoms with E-state index >= 15 is 0 Å². The molecule has 0 fully saturated rings. The minimum absolute atomic E-state index is 0.0220. The number of carboxylic acid groups (broad SMARTS) is 1. The van der Waals surface area contributed by atoms with Gasteiger partial charge in [0.05, 0.1) is 13.0 Å². The van der Waals surface area contributed by atoms with E-state index < -0.39 is 5.97 Å². The second-order valence-corrected chi connectivity index (χ2v) is 4.62. The average molecular weight is 290 g/mol. The van der Waals surface area contributed by atoms with E-state index in [2.05, 4.69) is 17.1 Å². The molecule has 1 aromatic carbocycles. The van der Waals surface area contributed by atoms with Crippen molar-refractivity contribution in [3.63, 3.8) is 0 Å². The zero-order valence-electron chi connectivity index (χ0n) is 11.9. The first-order chi connectivity index (χ1) is 10.2. The Balaban J connectivity index is 1.96. The van der Waals surface area contributed by atoms with Gasteiger partial charge in [0.2, 0.25) is 11.8 Å². The summed E-state index contributed by atoms with van der Waals surface area (Å²) in [4.78, 5) is 10.5. The normalized spacial score (nSPS) is 10.5. The highest BCUT2D eigenvalue weighted by atomic mass is 16.5. The van der Waals surface area contributed by atoms with Crippen molar-refractivity contribution in [3.05, 3.63) is 30.2 Å². The Morgan fingerprint density at radius 3 is 2.71 bits per heavy atom. The van der Waals surface area contributed by atoms with Crippen molar-refractivity contribution in [2.45, 2.75) is 32.6 Å². The molecule has 2 rings (SSSR count). The molecule has 0 aliphatic heterocycles. The quantitative estimate of drug-likeness (QED) is 0.752. The standard InChI is InChI=1S/C15H18N2O4/c1-2-3-10-20-12-6-4-11(5-7-12)15-17-16-13(21-15)8-9-14(18)19/h4-7H,2-3,8-10H2,1H3,(H,18,19). The van der Waals surface area contributed by atoms with Crippen molar-refractivity contribution in [1.29, 1.82) is 0 Å². The number of benzene rings is 1. The van der Waals surface area contributed by atoms with Crippen molar-refractivity contribution in [3.8, 4) is 17.2 Å². The molecule has 1 N–H and O–H groups in total. The van der Waals surface area contributed by atoms with Crippen LogP contribution in [0.15, 0.2) is 28.7 Å². The average Bonchev–Trinajstić information content (AvgIpc) is 2.95. The van der Waals surface area contributed by atoms with Crippen molar-refractivity contribution < 1.29 is 19.1 Å². The number of aromatic nitrogens is 2. The molecule has 0 aliphatic carbocycles. The molecule has 6 heteroatoms. The lowest BCUT2D eigenvalue weighted by atomic mass is 10.2. The summed E-state index contributed by atoms with van der Waals surface area (Å²) in [6.45, 7) is 2.82. The molecule has 2 aromatic rings. The van der Waals surface area contributed by atoms with E-state index in [1.165, 1.54) is 0 Å². The van der Waals surface area contributed by atoms with Gasteiger partial charge in [-0.1, -0.05) is 13.3 Å². The summed E-state index contributed by atoms with van der Waals surface area (Å²) in [7, 11) is 0. The number of carbonyl (C=O) groups is 1.